The molecule has 2 heterocycles. The molecule has 1 aromatic carbocycles. The molecule has 7 nitrogen and oxygen atoms in total. The summed E-state index contributed by atoms with van der Waals surface area (Å²) in [7, 11) is 0. The molecule has 0 aliphatic rings. The van der Waals surface area contributed by atoms with E-state index in [-0.39, 0.29) is 0 Å². The first kappa shape index (κ1) is 17.5. The summed E-state index contributed by atoms with van der Waals surface area (Å²) in [5.74, 6) is 0. The van der Waals surface area contributed by atoms with Crippen LogP contribution in [0.3, 0.4) is 0 Å². The number of nitrogens with zero attached hydrogens (tertiary/aromatic N) is 7. The molecule has 2 aromatic heterocycles. The summed E-state index contributed by atoms with van der Waals surface area (Å²) in [6.07, 6.45) is 1.47. The number of hydrogen-bond donors (Lipinski definition) is 0. The van der Waals surface area contributed by atoms with Crippen LogP contribution in [-0.4, -0.2) is 30.4 Å². The molecule has 0 amide bonds. The molecule has 126 valence electrons. The van der Waals surface area contributed by atoms with E-state index in [0.717, 1.165) is 34.3 Å². The van der Waals surface area contributed by atoms with Crippen molar-refractivity contribution in [2.45, 2.75) is 36.9 Å². The molecule has 0 saturated carbocycles. The Morgan fingerprint density at radius 1 is 1.12 bits per heavy atom. The van der Waals surface area contributed by atoms with Crippen LogP contribution in [0.4, 0.5) is 0 Å². The highest BCUT2D eigenvalue weighted by atomic mass is 79.9. The minimum atomic E-state index is 0.518. The molecule has 3 rings (SSSR count). The molecule has 0 spiro atoms. The Kier molecular flexibility index (Phi) is 5.40. The van der Waals surface area contributed by atoms with Gasteiger partial charge in [0.05, 0.1) is 16.9 Å². The van der Waals surface area contributed by atoms with Crippen molar-refractivity contribution in [3.63, 3.8) is 0 Å². The molecule has 0 bridgehead atoms. The quantitative estimate of drug-likeness (QED) is 0.630. The summed E-state index contributed by atoms with van der Waals surface area (Å²) in [5, 5.41) is 31.0. The van der Waals surface area contributed by atoms with Gasteiger partial charge >= 0.3 is 0 Å². The van der Waals surface area contributed by atoms with Crippen LogP contribution in [-0.2, 0) is 12.8 Å². The summed E-state index contributed by atoms with van der Waals surface area (Å²) >= 11 is 4.65. The minimum absolute atomic E-state index is 0.518. The first-order valence-corrected chi connectivity index (χ1v) is 9.29. The third-order valence-corrected chi connectivity index (χ3v) is 5.07. The Labute approximate surface area is 157 Å². The number of aryl methyl sites for hydroxylation is 1. The van der Waals surface area contributed by atoms with E-state index in [1.54, 1.807) is 4.68 Å². The smallest absolute Gasteiger partial charge is 0.192 e. The van der Waals surface area contributed by atoms with Gasteiger partial charge in [0, 0.05) is 4.47 Å². The summed E-state index contributed by atoms with van der Waals surface area (Å²) < 4.78 is 2.58. The highest BCUT2D eigenvalue weighted by molar-refractivity contribution is 9.10. The van der Waals surface area contributed by atoms with Gasteiger partial charge in [0.2, 0.25) is 5.16 Å². The van der Waals surface area contributed by atoms with Crippen molar-refractivity contribution >= 4 is 27.7 Å². The van der Waals surface area contributed by atoms with Crippen molar-refractivity contribution in [2.75, 3.05) is 0 Å². The third-order valence-electron chi connectivity index (χ3n) is 3.63. The van der Waals surface area contributed by atoms with Gasteiger partial charge in [0.25, 0.3) is 0 Å². The maximum Gasteiger partial charge on any atom is 0.220 e. The van der Waals surface area contributed by atoms with Crippen LogP contribution in [0, 0.1) is 11.3 Å². The zero-order valence-corrected chi connectivity index (χ0v) is 16.0. The number of aromatic nitrogens is 6. The predicted molar refractivity (Wildman–Crippen MR) is 96.5 cm³/mol. The molecular formula is C16H14BrN7S. The summed E-state index contributed by atoms with van der Waals surface area (Å²) in [4.78, 5) is 0. The lowest BCUT2D eigenvalue weighted by molar-refractivity contribution is 0.753. The Balaban J connectivity index is 2.01. The van der Waals surface area contributed by atoms with Crippen LogP contribution >= 0.6 is 27.7 Å². The standard InChI is InChI=1S/C16H14BrN7S/c1-3-12-13(9-18)15(20-19-14(12)4-2)25-16-21-22-23-24(16)11-7-5-10(17)6-8-11/h5-8H,3-4H2,1-2H3. The van der Waals surface area contributed by atoms with E-state index in [9.17, 15) is 5.26 Å². The Morgan fingerprint density at radius 2 is 1.88 bits per heavy atom. The predicted octanol–water partition coefficient (Wildman–Crippen LogP) is 3.36. The fourth-order valence-corrected chi connectivity index (χ4v) is 3.51. The number of hydrogen-bond acceptors (Lipinski definition) is 7. The van der Waals surface area contributed by atoms with Crippen LogP contribution in [0.2, 0.25) is 0 Å². The lowest BCUT2D eigenvalue weighted by atomic mass is 10.1. The van der Waals surface area contributed by atoms with E-state index < -0.39 is 0 Å². The Morgan fingerprint density at radius 3 is 2.52 bits per heavy atom. The summed E-state index contributed by atoms with van der Waals surface area (Å²) in [6, 6.07) is 9.89. The molecule has 0 aliphatic carbocycles. The third kappa shape index (κ3) is 3.55. The average molecular weight is 416 g/mol. The van der Waals surface area contributed by atoms with Gasteiger partial charge in [-0.15, -0.1) is 10.2 Å². The molecule has 0 radical (unpaired) electrons. The normalized spacial score (nSPS) is 10.6. The highest BCUT2D eigenvalue weighted by Crippen LogP contribution is 2.30. The summed E-state index contributed by atoms with van der Waals surface area (Å²) in [5.41, 5.74) is 3.16. The van der Waals surface area contributed by atoms with Crippen LogP contribution < -0.4 is 0 Å². The second-order valence-corrected chi connectivity index (χ2v) is 6.95. The van der Waals surface area contributed by atoms with E-state index in [1.165, 1.54) is 11.8 Å². The van der Waals surface area contributed by atoms with Gasteiger partial charge in [-0.2, -0.15) is 15.0 Å². The fraction of sp³-hybridized carbons (Fsp3) is 0.250. The molecule has 9 heteroatoms. The largest absolute Gasteiger partial charge is 0.220 e. The Bertz CT molecular complexity index is 931. The average Bonchev–Trinajstić information content (AvgIpc) is 3.10. The fourth-order valence-electron chi connectivity index (χ4n) is 2.41. The van der Waals surface area contributed by atoms with Gasteiger partial charge in [-0.05, 0) is 64.9 Å². The number of nitriles is 1. The van der Waals surface area contributed by atoms with Gasteiger partial charge in [0.15, 0.2) is 0 Å². The maximum absolute atomic E-state index is 9.60. The zero-order valence-electron chi connectivity index (χ0n) is 13.6. The van der Waals surface area contributed by atoms with E-state index in [1.807, 2.05) is 38.1 Å². The SMILES string of the molecule is CCc1nnc(Sc2nnnn2-c2ccc(Br)cc2)c(C#N)c1CC. The van der Waals surface area contributed by atoms with Gasteiger partial charge in [-0.3, -0.25) is 0 Å². The number of rotatable bonds is 5. The summed E-state index contributed by atoms with van der Waals surface area (Å²) in [6.45, 7) is 4.02. The monoisotopic (exact) mass is 415 g/mol. The van der Waals surface area contributed by atoms with Crippen molar-refractivity contribution in [2.24, 2.45) is 0 Å². The maximum atomic E-state index is 9.60. The van der Waals surface area contributed by atoms with E-state index in [4.69, 9.17) is 0 Å². The van der Waals surface area contributed by atoms with Gasteiger partial charge in [-0.1, -0.05) is 29.8 Å². The molecule has 0 unspecified atom stereocenters. The van der Waals surface area contributed by atoms with Crippen LogP contribution in [0.15, 0.2) is 38.9 Å². The molecular weight excluding hydrogens is 402 g/mol. The topological polar surface area (TPSA) is 93.2 Å². The lowest BCUT2D eigenvalue weighted by Gasteiger charge is -2.09. The van der Waals surface area contributed by atoms with Crippen molar-refractivity contribution in [3.05, 3.63) is 45.6 Å². The number of tetrazole rings is 1. The number of halogens is 1. The molecule has 0 aliphatic heterocycles. The van der Waals surface area contributed by atoms with E-state index >= 15 is 0 Å². The van der Waals surface area contributed by atoms with Crippen LogP contribution in [0.25, 0.3) is 5.69 Å². The van der Waals surface area contributed by atoms with Crippen molar-refractivity contribution in [1.82, 2.24) is 30.4 Å². The van der Waals surface area contributed by atoms with Gasteiger partial charge in [0.1, 0.15) is 11.1 Å². The second kappa shape index (κ2) is 7.72. The molecule has 0 fully saturated rings. The second-order valence-electron chi connectivity index (χ2n) is 5.08. The van der Waals surface area contributed by atoms with Crippen molar-refractivity contribution in [1.29, 1.82) is 5.26 Å². The molecule has 3 aromatic rings. The van der Waals surface area contributed by atoms with Crippen LogP contribution in [0.1, 0.15) is 30.7 Å². The van der Waals surface area contributed by atoms with Crippen molar-refractivity contribution in [3.8, 4) is 11.8 Å². The minimum Gasteiger partial charge on any atom is -0.192 e. The van der Waals surface area contributed by atoms with Gasteiger partial charge in [-0.25, -0.2) is 0 Å². The molecule has 0 saturated heterocycles. The zero-order chi connectivity index (χ0) is 17.8. The molecule has 25 heavy (non-hydrogen) atoms. The van der Waals surface area contributed by atoms with E-state index in [2.05, 4.69) is 47.7 Å². The van der Waals surface area contributed by atoms with Crippen molar-refractivity contribution < 1.29 is 0 Å². The number of benzene rings is 1. The first-order chi connectivity index (χ1) is 12.2. The first-order valence-electron chi connectivity index (χ1n) is 7.68. The molecule has 0 N–H and O–H groups in total. The lowest BCUT2D eigenvalue weighted by Crippen LogP contribution is -2.05. The van der Waals surface area contributed by atoms with Crippen LogP contribution in [0.5, 0.6) is 0 Å². The highest BCUT2D eigenvalue weighted by Gasteiger charge is 2.18. The van der Waals surface area contributed by atoms with E-state index in [0.29, 0.717) is 15.7 Å². The van der Waals surface area contributed by atoms with Gasteiger partial charge < -0.3 is 0 Å². The molecule has 0 atom stereocenters. The Hall–Kier alpha value is -2.31.